The Bertz CT molecular complexity index is 392. The molecular formula is C15H22ClNO2. The number of piperidine rings is 1. The molecular weight excluding hydrogens is 262 g/mol. The predicted molar refractivity (Wildman–Crippen MR) is 78.4 cm³/mol. The smallest absolute Gasteiger partial charge is 0.162 e. The van der Waals surface area contributed by atoms with Gasteiger partial charge in [-0.3, -0.25) is 0 Å². The molecule has 0 bridgehead atoms. The first-order valence-corrected chi connectivity index (χ1v) is 7.36. The maximum Gasteiger partial charge on any atom is 0.162 e. The van der Waals surface area contributed by atoms with Crippen molar-refractivity contribution in [2.24, 2.45) is 0 Å². The second-order valence-corrected chi connectivity index (χ2v) is 5.34. The highest BCUT2D eigenvalue weighted by Gasteiger charge is 2.09. The Kier molecular flexibility index (Phi) is 5.80. The van der Waals surface area contributed by atoms with Crippen LogP contribution in [0.15, 0.2) is 18.2 Å². The fourth-order valence-electron chi connectivity index (χ4n) is 2.41. The average molecular weight is 284 g/mol. The molecule has 0 saturated carbocycles. The van der Waals surface area contributed by atoms with Gasteiger partial charge in [0.1, 0.15) is 0 Å². The van der Waals surface area contributed by atoms with Crippen molar-refractivity contribution in [2.75, 3.05) is 33.4 Å². The Hall–Kier alpha value is -0.930. The molecule has 0 radical (unpaired) electrons. The number of nitrogens with zero attached hydrogens (tertiary/aromatic N) is 1. The third kappa shape index (κ3) is 4.59. The van der Waals surface area contributed by atoms with E-state index in [9.17, 15) is 0 Å². The summed E-state index contributed by atoms with van der Waals surface area (Å²) in [5, 5.41) is 0.664. The third-order valence-electron chi connectivity index (χ3n) is 3.45. The molecule has 3 nitrogen and oxygen atoms in total. The van der Waals surface area contributed by atoms with Gasteiger partial charge in [-0.25, -0.2) is 0 Å². The topological polar surface area (TPSA) is 21.7 Å². The second-order valence-electron chi connectivity index (χ2n) is 4.90. The highest BCUT2D eigenvalue weighted by Crippen LogP contribution is 2.29. The van der Waals surface area contributed by atoms with Crippen molar-refractivity contribution in [3.63, 3.8) is 0 Å². The lowest BCUT2D eigenvalue weighted by molar-refractivity contribution is 0.203. The van der Waals surface area contributed by atoms with E-state index in [4.69, 9.17) is 21.1 Å². The highest BCUT2D eigenvalue weighted by molar-refractivity contribution is 6.30. The Labute approximate surface area is 120 Å². The van der Waals surface area contributed by atoms with Crippen LogP contribution in [0, 0.1) is 0 Å². The molecule has 4 heteroatoms. The predicted octanol–water partition coefficient (Wildman–Crippen LogP) is 3.60. The van der Waals surface area contributed by atoms with Crippen LogP contribution in [-0.2, 0) is 0 Å². The van der Waals surface area contributed by atoms with Crippen molar-refractivity contribution in [3.05, 3.63) is 23.2 Å². The van der Waals surface area contributed by atoms with Gasteiger partial charge in [-0.15, -0.1) is 0 Å². The van der Waals surface area contributed by atoms with Crippen LogP contribution in [0.2, 0.25) is 5.02 Å². The van der Waals surface area contributed by atoms with Gasteiger partial charge in [0, 0.05) is 17.6 Å². The lowest BCUT2D eigenvalue weighted by Gasteiger charge is -2.26. The Balaban J connectivity index is 1.73. The third-order valence-corrected chi connectivity index (χ3v) is 3.69. The minimum absolute atomic E-state index is 0.664. The van der Waals surface area contributed by atoms with Crippen LogP contribution in [0.25, 0.3) is 0 Å². The normalized spacial score (nSPS) is 16.3. The number of hydrogen-bond donors (Lipinski definition) is 0. The molecule has 1 saturated heterocycles. The van der Waals surface area contributed by atoms with Gasteiger partial charge in [0.05, 0.1) is 13.7 Å². The average Bonchev–Trinajstić information content (AvgIpc) is 2.46. The summed E-state index contributed by atoms with van der Waals surface area (Å²) in [6.07, 6.45) is 5.11. The van der Waals surface area contributed by atoms with E-state index in [1.807, 2.05) is 12.1 Å². The number of ether oxygens (including phenoxy) is 2. The Morgan fingerprint density at radius 1 is 1.16 bits per heavy atom. The number of benzene rings is 1. The maximum atomic E-state index is 5.92. The quantitative estimate of drug-likeness (QED) is 0.745. The summed E-state index contributed by atoms with van der Waals surface area (Å²) in [5.74, 6) is 1.47. The zero-order chi connectivity index (χ0) is 13.5. The molecule has 1 fully saturated rings. The van der Waals surface area contributed by atoms with Gasteiger partial charge in [-0.1, -0.05) is 18.0 Å². The summed E-state index contributed by atoms with van der Waals surface area (Å²) >= 11 is 5.92. The number of methoxy groups -OCH3 is 1. The van der Waals surface area contributed by atoms with Crippen molar-refractivity contribution >= 4 is 11.6 Å². The first kappa shape index (κ1) is 14.5. The minimum Gasteiger partial charge on any atom is -0.493 e. The summed E-state index contributed by atoms with van der Waals surface area (Å²) < 4.78 is 11.0. The molecule has 0 aromatic heterocycles. The van der Waals surface area contributed by atoms with Gasteiger partial charge in [-0.05, 0) is 44.5 Å². The number of halogens is 1. The van der Waals surface area contributed by atoms with Crippen molar-refractivity contribution < 1.29 is 9.47 Å². The van der Waals surface area contributed by atoms with E-state index in [-0.39, 0.29) is 0 Å². The molecule has 0 amide bonds. The summed E-state index contributed by atoms with van der Waals surface area (Å²) in [5.41, 5.74) is 0. The van der Waals surface area contributed by atoms with E-state index in [0.29, 0.717) is 17.4 Å². The molecule has 0 atom stereocenters. The standard InChI is InChI=1S/C15H22ClNO2/c1-18-15-12-13(16)6-7-14(15)19-11-5-10-17-8-3-2-4-9-17/h6-7,12H,2-5,8-11H2,1H3. The van der Waals surface area contributed by atoms with Crippen LogP contribution in [0.5, 0.6) is 11.5 Å². The first-order valence-electron chi connectivity index (χ1n) is 6.98. The fraction of sp³-hybridized carbons (Fsp3) is 0.600. The van der Waals surface area contributed by atoms with Crippen LogP contribution < -0.4 is 9.47 Å². The molecule has 0 unspecified atom stereocenters. The van der Waals surface area contributed by atoms with Crippen molar-refractivity contribution in [1.29, 1.82) is 0 Å². The van der Waals surface area contributed by atoms with E-state index < -0.39 is 0 Å². The molecule has 2 rings (SSSR count). The van der Waals surface area contributed by atoms with Crippen molar-refractivity contribution in [3.8, 4) is 11.5 Å². The zero-order valence-electron chi connectivity index (χ0n) is 11.5. The van der Waals surface area contributed by atoms with E-state index in [1.165, 1.54) is 32.4 Å². The first-order chi connectivity index (χ1) is 9.29. The summed E-state index contributed by atoms with van der Waals surface area (Å²) in [6, 6.07) is 5.47. The van der Waals surface area contributed by atoms with E-state index in [1.54, 1.807) is 13.2 Å². The monoisotopic (exact) mass is 283 g/mol. The SMILES string of the molecule is COc1cc(Cl)ccc1OCCCN1CCCCC1. The molecule has 0 spiro atoms. The molecule has 0 aliphatic carbocycles. The van der Waals surface area contributed by atoms with Gasteiger partial charge in [-0.2, -0.15) is 0 Å². The minimum atomic E-state index is 0.664. The summed E-state index contributed by atoms with van der Waals surface area (Å²) in [7, 11) is 1.63. The zero-order valence-corrected chi connectivity index (χ0v) is 12.3. The molecule has 1 heterocycles. The van der Waals surface area contributed by atoms with Crippen LogP contribution in [0.3, 0.4) is 0 Å². The number of hydrogen-bond acceptors (Lipinski definition) is 3. The maximum absolute atomic E-state index is 5.92. The molecule has 106 valence electrons. The Morgan fingerprint density at radius 3 is 2.68 bits per heavy atom. The van der Waals surface area contributed by atoms with Crippen LogP contribution in [-0.4, -0.2) is 38.3 Å². The summed E-state index contributed by atoms with van der Waals surface area (Å²) in [6.45, 7) is 4.32. The van der Waals surface area contributed by atoms with Crippen LogP contribution >= 0.6 is 11.6 Å². The van der Waals surface area contributed by atoms with E-state index in [0.717, 1.165) is 18.7 Å². The molecule has 1 aliphatic rings. The van der Waals surface area contributed by atoms with Gasteiger partial charge in [0.15, 0.2) is 11.5 Å². The van der Waals surface area contributed by atoms with Crippen molar-refractivity contribution in [1.82, 2.24) is 4.90 Å². The van der Waals surface area contributed by atoms with Gasteiger partial charge < -0.3 is 14.4 Å². The van der Waals surface area contributed by atoms with Crippen LogP contribution in [0.1, 0.15) is 25.7 Å². The lowest BCUT2D eigenvalue weighted by atomic mass is 10.1. The van der Waals surface area contributed by atoms with E-state index >= 15 is 0 Å². The summed E-state index contributed by atoms with van der Waals surface area (Å²) in [4.78, 5) is 2.52. The Morgan fingerprint density at radius 2 is 1.95 bits per heavy atom. The molecule has 1 aliphatic heterocycles. The molecule has 19 heavy (non-hydrogen) atoms. The number of rotatable bonds is 6. The lowest BCUT2D eigenvalue weighted by Crippen LogP contribution is -2.31. The van der Waals surface area contributed by atoms with Gasteiger partial charge in [0.2, 0.25) is 0 Å². The molecule has 1 aromatic rings. The van der Waals surface area contributed by atoms with Gasteiger partial charge in [0.25, 0.3) is 0 Å². The molecule has 1 aromatic carbocycles. The van der Waals surface area contributed by atoms with Crippen LogP contribution in [0.4, 0.5) is 0 Å². The number of likely N-dealkylation sites (tertiary alicyclic amines) is 1. The molecule has 0 N–H and O–H groups in total. The fourth-order valence-corrected chi connectivity index (χ4v) is 2.58. The largest absolute Gasteiger partial charge is 0.493 e. The van der Waals surface area contributed by atoms with E-state index in [2.05, 4.69) is 4.90 Å². The van der Waals surface area contributed by atoms with Crippen molar-refractivity contribution in [2.45, 2.75) is 25.7 Å². The van der Waals surface area contributed by atoms with Gasteiger partial charge >= 0.3 is 0 Å². The second kappa shape index (κ2) is 7.61. The highest BCUT2D eigenvalue weighted by atomic mass is 35.5.